The van der Waals surface area contributed by atoms with Gasteiger partial charge in [-0.15, -0.1) is 18.2 Å². The Balaban J connectivity index is 3.98. The zero-order valence-electron chi connectivity index (χ0n) is 5.66. The Morgan fingerprint density at radius 3 is 2.45 bits per heavy atom. The molecular weight excluding hydrogens is 211 g/mol. The topological polar surface area (TPSA) is 43.4 Å². The molecule has 11 heavy (non-hydrogen) atoms. The van der Waals surface area contributed by atoms with Crippen molar-refractivity contribution in [2.24, 2.45) is 0 Å². The summed E-state index contributed by atoms with van der Waals surface area (Å²) in [7, 11) is 0.882. The van der Waals surface area contributed by atoms with Gasteiger partial charge in [-0.2, -0.15) is 8.42 Å². The van der Waals surface area contributed by atoms with E-state index in [9.17, 15) is 8.42 Å². The first-order valence-electron chi connectivity index (χ1n) is 2.79. The maximum absolute atomic E-state index is 10.3. The van der Waals surface area contributed by atoms with Crippen LogP contribution in [0.3, 0.4) is 0 Å². The fourth-order valence-corrected chi connectivity index (χ4v) is 1.52. The van der Waals surface area contributed by atoms with Gasteiger partial charge < -0.3 is 0 Å². The van der Waals surface area contributed by atoms with Gasteiger partial charge in [0.1, 0.15) is 0 Å². The summed E-state index contributed by atoms with van der Waals surface area (Å²) in [6.45, 7) is 3.40. The summed E-state index contributed by atoms with van der Waals surface area (Å²) in [6.07, 6.45) is 1.25. The van der Waals surface area contributed by atoms with Gasteiger partial charge in [-0.05, 0) is 6.42 Å². The molecule has 0 fully saturated rings. The largest absolute Gasteiger partial charge is 0.355 e. The molecule has 0 aromatic heterocycles. The summed E-state index contributed by atoms with van der Waals surface area (Å²) in [4.78, 5) is 0. The predicted octanol–water partition coefficient (Wildman–Crippen LogP) is 1.67. The molecule has 0 radical (unpaired) electrons. The zero-order valence-corrected chi connectivity index (χ0v) is 7.99. The third-order valence-electron chi connectivity index (χ3n) is 0.853. The van der Waals surface area contributed by atoms with Crippen molar-refractivity contribution in [2.75, 3.05) is 5.88 Å². The van der Waals surface area contributed by atoms with E-state index in [1.54, 1.807) is 0 Å². The highest BCUT2D eigenvalue weighted by atomic mass is 35.7. The minimum atomic E-state index is -3.92. The molecule has 0 aromatic carbocycles. The van der Waals surface area contributed by atoms with Crippen LogP contribution >= 0.6 is 22.3 Å². The molecule has 3 nitrogen and oxygen atoms in total. The first kappa shape index (κ1) is 11.2. The highest BCUT2D eigenvalue weighted by Crippen LogP contribution is 2.09. The molecule has 1 unspecified atom stereocenters. The molecule has 0 bridgehead atoms. The van der Waals surface area contributed by atoms with E-state index in [1.807, 2.05) is 0 Å². The molecule has 0 aliphatic heterocycles. The number of hydrogen-bond acceptors (Lipinski definition) is 3. The van der Waals surface area contributed by atoms with Crippen LogP contribution in [0.1, 0.15) is 6.42 Å². The highest BCUT2D eigenvalue weighted by molar-refractivity contribution is 8.10. The van der Waals surface area contributed by atoms with Gasteiger partial charge >= 0.3 is 9.33 Å². The highest BCUT2D eigenvalue weighted by Gasteiger charge is 2.14. The van der Waals surface area contributed by atoms with E-state index in [1.165, 1.54) is 6.08 Å². The monoisotopic (exact) mass is 218 g/mol. The van der Waals surface area contributed by atoms with Crippen LogP contribution in [-0.4, -0.2) is 20.4 Å². The van der Waals surface area contributed by atoms with Crippen LogP contribution in [0.5, 0.6) is 0 Å². The third-order valence-corrected chi connectivity index (χ3v) is 1.92. The molecule has 66 valence electrons. The number of hydrogen-bond donors (Lipinski definition) is 0. The smallest absolute Gasteiger partial charge is 0.253 e. The number of halogens is 2. The molecule has 6 heteroatoms. The summed E-state index contributed by atoms with van der Waals surface area (Å²) in [6, 6.07) is 0. The average Bonchev–Trinajstić information content (AvgIpc) is 1.84. The normalized spacial score (nSPS) is 14.4. The Bertz CT molecular complexity index is 212. The van der Waals surface area contributed by atoms with Crippen molar-refractivity contribution in [1.29, 1.82) is 0 Å². The lowest BCUT2D eigenvalue weighted by Gasteiger charge is -2.08. The van der Waals surface area contributed by atoms with Gasteiger partial charge in [0, 0.05) is 10.7 Å². The Kier molecular flexibility index (Phi) is 5.08. The van der Waals surface area contributed by atoms with Gasteiger partial charge in [0.15, 0.2) is 0 Å². The molecule has 0 saturated carbocycles. The molecule has 0 N–H and O–H groups in total. The lowest BCUT2D eigenvalue weighted by Crippen LogP contribution is -2.15. The van der Waals surface area contributed by atoms with Gasteiger partial charge in [-0.1, -0.05) is 6.08 Å². The van der Waals surface area contributed by atoms with Crippen LogP contribution in [-0.2, 0) is 13.5 Å². The van der Waals surface area contributed by atoms with Crippen molar-refractivity contribution in [3.05, 3.63) is 12.7 Å². The van der Waals surface area contributed by atoms with E-state index in [4.69, 9.17) is 22.3 Å². The first-order valence-corrected chi connectivity index (χ1v) is 5.56. The molecule has 0 aliphatic rings. The van der Waals surface area contributed by atoms with E-state index in [-0.39, 0.29) is 5.88 Å². The molecule has 0 aromatic rings. The van der Waals surface area contributed by atoms with E-state index in [0.29, 0.717) is 6.42 Å². The van der Waals surface area contributed by atoms with E-state index in [2.05, 4.69) is 10.8 Å². The summed E-state index contributed by atoms with van der Waals surface area (Å²) >= 11 is 5.36. The lowest BCUT2D eigenvalue weighted by atomic mass is 10.3. The van der Waals surface area contributed by atoms with Gasteiger partial charge in [-0.25, -0.2) is 0 Å². The van der Waals surface area contributed by atoms with Crippen LogP contribution in [0, 0.1) is 0 Å². The SMILES string of the molecule is C=CCC(CCl)OS(=O)(=O)Cl. The molecule has 0 aliphatic carbocycles. The van der Waals surface area contributed by atoms with Crippen LogP contribution in [0.25, 0.3) is 0 Å². The van der Waals surface area contributed by atoms with Gasteiger partial charge in [0.25, 0.3) is 0 Å². The molecule has 0 rings (SSSR count). The van der Waals surface area contributed by atoms with Crippen LogP contribution in [0.15, 0.2) is 12.7 Å². The van der Waals surface area contributed by atoms with Crippen molar-refractivity contribution in [3.63, 3.8) is 0 Å². The van der Waals surface area contributed by atoms with Crippen LogP contribution in [0.2, 0.25) is 0 Å². The van der Waals surface area contributed by atoms with Gasteiger partial charge in [-0.3, -0.25) is 4.18 Å². The maximum Gasteiger partial charge on any atom is 0.355 e. The maximum atomic E-state index is 10.3. The minimum Gasteiger partial charge on any atom is -0.253 e. The van der Waals surface area contributed by atoms with Gasteiger partial charge in [0.2, 0.25) is 0 Å². The second-order valence-corrected chi connectivity index (χ2v) is 4.21. The van der Waals surface area contributed by atoms with E-state index < -0.39 is 15.4 Å². The molecule has 0 spiro atoms. The van der Waals surface area contributed by atoms with Crippen molar-refractivity contribution < 1.29 is 12.6 Å². The standard InChI is InChI=1S/C5H8Cl2O3S/c1-2-3-5(4-6)10-11(7,8)9/h2,5H,1,3-4H2. The molecular formula is C5H8Cl2O3S. The Morgan fingerprint density at radius 2 is 2.18 bits per heavy atom. The average molecular weight is 219 g/mol. The molecule has 1 atom stereocenters. The quantitative estimate of drug-likeness (QED) is 0.401. The van der Waals surface area contributed by atoms with Crippen molar-refractivity contribution in [3.8, 4) is 0 Å². The molecule has 0 saturated heterocycles. The van der Waals surface area contributed by atoms with Crippen molar-refractivity contribution in [1.82, 2.24) is 0 Å². The lowest BCUT2D eigenvalue weighted by molar-refractivity contribution is 0.243. The first-order chi connectivity index (χ1) is 4.99. The fraction of sp³-hybridized carbons (Fsp3) is 0.600. The fourth-order valence-electron chi connectivity index (χ4n) is 0.476. The van der Waals surface area contributed by atoms with E-state index >= 15 is 0 Å². The number of rotatable bonds is 5. The second-order valence-electron chi connectivity index (χ2n) is 1.79. The minimum absolute atomic E-state index is 0.0674. The third kappa shape index (κ3) is 6.62. The van der Waals surface area contributed by atoms with Crippen LogP contribution in [0.4, 0.5) is 0 Å². The Labute approximate surface area is 75.6 Å². The predicted molar refractivity (Wildman–Crippen MR) is 45.2 cm³/mol. The Morgan fingerprint density at radius 1 is 1.64 bits per heavy atom. The Hall–Kier alpha value is 0.230. The van der Waals surface area contributed by atoms with E-state index in [0.717, 1.165) is 0 Å². The zero-order chi connectivity index (χ0) is 8.91. The van der Waals surface area contributed by atoms with Crippen molar-refractivity contribution in [2.45, 2.75) is 12.5 Å². The molecule has 0 amide bonds. The summed E-state index contributed by atoms with van der Waals surface area (Å²) in [5.41, 5.74) is 0. The summed E-state index contributed by atoms with van der Waals surface area (Å²) in [5.74, 6) is 0.0674. The summed E-state index contributed by atoms with van der Waals surface area (Å²) in [5, 5.41) is 0. The van der Waals surface area contributed by atoms with Gasteiger partial charge in [0.05, 0.1) is 12.0 Å². The summed E-state index contributed by atoms with van der Waals surface area (Å²) < 4.78 is 25.0. The molecule has 0 heterocycles. The number of alkyl halides is 1. The second kappa shape index (κ2) is 4.98. The van der Waals surface area contributed by atoms with Crippen molar-refractivity contribution >= 4 is 31.6 Å². The van der Waals surface area contributed by atoms with Crippen LogP contribution < -0.4 is 0 Å².